The fourth-order valence-electron chi connectivity index (χ4n) is 14.7. The average Bonchev–Trinajstić information content (AvgIpc) is 3.67. The van der Waals surface area contributed by atoms with Crippen molar-refractivity contribution in [3.63, 3.8) is 0 Å². The van der Waals surface area contributed by atoms with Crippen LogP contribution in [0.5, 0.6) is 0 Å². The van der Waals surface area contributed by atoms with Gasteiger partial charge in [-0.25, -0.2) is 0 Å². The highest BCUT2D eigenvalue weighted by molar-refractivity contribution is 5.96. The van der Waals surface area contributed by atoms with E-state index in [0.29, 0.717) is 0 Å². The Morgan fingerprint density at radius 2 is 1.12 bits per heavy atom. The third kappa shape index (κ3) is 5.16. The highest BCUT2D eigenvalue weighted by Crippen LogP contribution is 2.66. The maximum Gasteiger partial charge on any atom is 0.0543 e. The van der Waals surface area contributed by atoms with Crippen LogP contribution in [0, 0.1) is 0 Å². The second kappa shape index (κ2) is 13.3. The predicted octanol–water partition coefficient (Wildman–Crippen LogP) is 16.0. The van der Waals surface area contributed by atoms with E-state index >= 15 is 0 Å². The first-order valence-corrected chi connectivity index (χ1v) is 24.1. The first-order valence-electron chi connectivity index (χ1n) is 24.1. The van der Waals surface area contributed by atoms with Crippen molar-refractivity contribution < 1.29 is 0 Å². The van der Waals surface area contributed by atoms with Gasteiger partial charge >= 0.3 is 0 Å². The van der Waals surface area contributed by atoms with Crippen molar-refractivity contribution in [1.82, 2.24) is 0 Å². The second-order valence-corrected chi connectivity index (χ2v) is 21.9. The number of hydrogen-bond donors (Lipinski definition) is 0. The Balaban J connectivity index is 1.11. The molecule has 1 heteroatoms. The summed E-state index contributed by atoms with van der Waals surface area (Å²) in [6.45, 7) is 14.8. The third-order valence-corrected chi connectivity index (χ3v) is 17.0. The lowest BCUT2D eigenvalue weighted by Gasteiger charge is -2.47. The van der Waals surface area contributed by atoms with Crippen LogP contribution in [0.3, 0.4) is 0 Å². The first-order chi connectivity index (χ1) is 31.4. The maximum atomic E-state index is 2.71. The molecular formula is C64H57N. The normalized spacial score (nSPS) is 22.6. The molecule has 2 spiro atoms. The van der Waals surface area contributed by atoms with Gasteiger partial charge in [0, 0.05) is 22.1 Å². The molecule has 6 aliphatic rings. The van der Waals surface area contributed by atoms with Crippen LogP contribution < -0.4 is 4.90 Å². The Bertz CT molecular complexity index is 3290. The van der Waals surface area contributed by atoms with Crippen LogP contribution in [0.2, 0.25) is 0 Å². The number of hydrogen-bond acceptors (Lipinski definition) is 1. The molecule has 0 fully saturated rings. The summed E-state index contributed by atoms with van der Waals surface area (Å²) in [6.07, 6.45) is 14.4. The van der Waals surface area contributed by atoms with Gasteiger partial charge in [0.2, 0.25) is 0 Å². The molecule has 318 valence electrons. The van der Waals surface area contributed by atoms with Crippen molar-refractivity contribution in [3.8, 4) is 11.1 Å². The fourth-order valence-corrected chi connectivity index (χ4v) is 14.7. The number of nitrogens with zero attached hydrogens (tertiary/aromatic N) is 1. The molecule has 0 N–H and O–H groups in total. The molecule has 0 amide bonds. The Hall–Kier alpha value is -6.44. The quantitative estimate of drug-likeness (QED) is 0.171. The van der Waals surface area contributed by atoms with E-state index in [1.807, 2.05) is 0 Å². The summed E-state index contributed by atoms with van der Waals surface area (Å²) < 4.78 is 0. The summed E-state index contributed by atoms with van der Waals surface area (Å²) in [4.78, 5) is 2.71. The monoisotopic (exact) mass is 839 g/mol. The van der Waals surface area contributed by atoms with Gasteiger partial charge in [0.05, 0.1) is 16.8 Å². The SMILES string of the molecule is CC1(C)CC2(CC(C)(C)c3c(N(c4ccc5c(c4)C4(CC6=CCC=CC=C6c6ccccc64)c4ccccc4C5)c4cccc5c4-c4ccccc4C5(C)C)cccc32)c2ccccc21. The van der Waals surface area contributed by atoms with E-state index in [0.717, 1.165) is 32.1 Å². The van der Waals surface area contributed by atoms with E-state index in [9.17, 15) is 0 Å². The lowest BCUT2D eigenvalue weighted by molar-refractivity contribution is 0.350. The van der Waals surface area contributed by atoms with Gasteiger partial charge in [0.1, 0.15) is 0 Å². The lowest BCUT2D eigenvalue weighted by atomic mass is 9.56. The number of benzene rings is 7. The zero-order valence-electron chi connectivity index (χ0n) is 38.7. The standard InChI is InChI=1S/C64H57N/c1-60(2)39-63(52-29-17-16-28-51(52)60)40-61(3,4)59-54(63)31-19-33-57(59)65(56-32-18-30-53-58(56)47-24-12-14-26-49(47)62(53,5)6)44-35-34-42-36-41-20-10-13-25-48(41)64(55(42)37-44)38-43-21-8-7-9-22-45(43)46-23-11-15-27-50(46)64/h7,9-35,37H,8,36,38-40H2,1-6H3. The number of allylic oxidation sites excluding steroid dienone is 6. The first kappa shape index (κ1) is 39.0. The van der Waals surface area contributed by atoms with Gasteiger partial charge < -0.3 is 4.90 Å². The highest BCUT2D eigenvalue weighted by atomic mass is 15.2. The van der Waals surface area contributed by atoms with E-state index in [-0.39, 0.29) is 27.1 Å². The molecule has 13 rings (SSSR count). The van der Waals surface area contributed by atoms with Crippen LogP contribution in [-0.2, 0) is 33.5 Å². The minimum Gasteiger partial charge on any atom is -0.310 e. The topological polar surface area (TPSA) is 3.24 Å². The number of rotatable bonds is 3. The van der Waals surface area contributed by atoms with Gasteiger partial charge in [-0.15, -0.1) is 0 Å². The van der Waals surface area contributed by atoms with Crippen LogP contribution >= 0.6 is 0 Å². The summed E-state index contributed by atoms with van der Waals surface area (Å²) in [5.41, 5.74) is 26.1. The van der Waals surface area contributed by atoms with E-state index in [4.69, 9.17) is 0 Å². The van der Waals surface area contributed by atoms with Crippen LogP contribution in [-0.4, -0.2) is 0 Å². The smallest absolute Gasteiger partial charge is 0.0543 e. The summed E-state index contributed by atoms with van der Waals surface area (Å²) in [5.74, 6) is 0. The molecule has 0 aliphatic heterocycles. The summed E-state index contributed by atoms with van der Waals surface area (Å²) in [5, 5.41) is 0. The molecule has 0 saturated carbocycles. The van der Waals surface area contributed by atoms with Crippen LogP contribution in [0.15, 0.2) is 182 Å². The number of fused-ring (bicyclic) bond motifs is 15. The van der Waals surface area contributed by atoms with Gasteiger partial charge in [0.15, 0.2) is 0 Å². The molecule has 2 atom stereocenters. The van der Waals surface area contributed by atoms with Gasteiger partial charge in [-0.3, -0.25) is 0 Å². The highest BCUT2D eigenvalue weighted by Gasteiger charge is 2.57. The fraction of sp³-hybridized carbons (Fsp3) is 0.250. The molecule has 0 aromatic heterocycles. The molecule has 1 nitrogen and oxygen atoms in total. The van der Waals surface area contributed by atoms with E-state index in [1.165, 1.54) is 106 Å². The molecule has 0 saturated heterocycles. The predicted molar refractivity (Wildman–Crippen MR) is 271 cm³/mol. The molecule has 2 unspecified atom stereocenters. The largest absolute Gasteiger partial charge is 0.310 e. The molecule has 0 heterocycles. The average molecular weight is 840 g/mol. The van der Waals surface area contributed by atoms with Gasteiger partial charge in [-0.05, 0) is 151 Å². The molecule has 0 radical (unpaired) electrons. The Labute approximate surface area is 385 Å². The van der Waals surface area contributed by atoms with E-state index < -0.39 is 0 Å². The number of anilines is 3. The summed E-state index contributed by atoms with van der Waals surface area (Å²) in [7, 11) is 0. The van der Waals surface area contributed by atoms with Crippen molar-refractivity contribution in [2.24, 2.45) is 0 Å². The van der Waals surface area contributed by atoms with Crippen LogP contribution in [0.4, 0.5) is 17.1 Å². The van der Waals surface area contributed by atoms with E-state index in [1.54, 1.807) is 0 Å². The Morgan fingerprint density at radius 3 is 1.94 bits per heavy atom. The molecule has 7 aromatic carbocycles. The molecule has 7 aromatic rings. The minimum atomic E-state index is -0.357. The Kier molecular flexibility index (Phi) is 7.99. The van der Waals surface area contributed by atoms with Crippen LogP contribution in [0.1, 0.15) is 134 Å². The molecule has 6 aliphatic carbocycles. The van der Waals surface area contributed by atoms with Crippen molar-refractivity contribution in [1.29, 1.82) is 0 Å². The van der Waals surface area contributed by atoms with Crippen molar-refractivity contribution in [2.45, 2.75) is 101 Å². The van der Waals surface area contributed by atoms with E-state index in [2.05, 4.69) is 222 Å². The van der Waals surface area contributed by atoms with Gasteiger partial charge in [0.25, 0.3) is 0 Å². The minimum absolute atomic E-state index is 0.0597. The van der Waals surface area contributed by atoms with Gasteiger partial charge in [-0.1, -0.05) is 193 Å². The summed E-state index contributed by atoms with van der Waals surface area (Å²) >= 11 is 0. The molecular weight excluding hydrogens is 783 g/mol. The van der Waals surface area contributed by atoms with Crippen molar-refractivity contribution in [3.05, 3.63) is 248 Å². The van der Waals surface area contributed by atoms with Gasteiger partial charge in [-0.2, -0.15) is 0 Å². The van der Waals surface area contributed by atoms with Crippen LogP contribution in [0.25, 0.3) is 16.7 Å². The maximum absolute atomic E-state index is 2.71. The third-order valence-electron chi connectivity index (χ3n) is 17.0. The zero-order valence-corrected chi connectivity index (χ0v) is 38.7. The van der Waals surface area contributed by atoms with Crippen molar-refractivity contribution in [2.75, 3.05) is 4.90 Å². The van der Waals surface area contributed by atoms with Crippen molar-refractivity contribution >= 4 is 22.6 Å². The molecule has 0 bridgehead atoms. The zero-order chi connectivity index (χ0) is 44.1. The Morgan fingerprint density at radius 1 is 0.492 bits per heavy atom. The lowest BCUT2D eigenvalue weighted by Crippen LogP contribution is -2.38. The molecule has 65 heavy (non-hydrogen) atoms. The summed E-state index contributed by atoms with van der Waals surface area (Å²) in [6, 6.07) is 59.3. The second-order valence-electron chi connectivity index (χ2n) is 21.9.